The minimum absolute atomic E-state index is 0.0219. The fourth-order valence-corrected chi connectivity index (χ4v) is 0.997. The lowest BCUT2D eigenvalue weighted by Gasteiger charge is -1.94. The highest BCUT2D eigenvalue weighted by atomic mass is 79.9. The second kappa shape index (κ2) is 4.49. The molecule has 0 aromatic carbocycles. The summed E-state index contributed by atoms with van der Waals surface area (Å²) >= 11 is 3.15. The summed E-state index contributed by atoms with van der Waals surface area (Å²) in [5, 5.41) is 17.5. The molecule has 0 fully saturated rings. The van der Waals surface area contributed by atoms with Gasteiger partial charge in [0.1, 0.15) is 10.4 Å². The predicted molar refractivity (Wildman–Crippen MR) is 50.7 cm³/mol. The lowest BCUT2D eigenvalue weighted by atomic mass is 10.3. The van der Waals surface area contributed by atoms with E-state index >= 15 is 0 Å². The molecular weight excluding hydrogens is 232 g/mol. The topological polar surface area (TPSA) is 56.9 Å². The molecule has 1 N–H and O–H groups in total. The van der Waals surface area contributed by atoms with E-state index in [1.54, 1.807) is 6.07 Å². The molecule has 4 heteroatoms. The average Bonchev–Trinajstić information content (AvgIpc) is 2.11. The first-order valence-corrected chi connectivity index (χ1v) is 4.24. The first kappa shape index (κ1) is 9.57. The normalized spacial score (nSPS) is 8.31. The van der Waals surface area contributed by atoms with Crippen LogP contribution in [0.3, 0.4) is 0 Å². The number of nitrogens with zero attached hydrogens (tertiary/aromatic N) is 2. The van der Waals surface area contributed by atoms with Crippen LogP contribution < -0.4 is 0 Å². The van der Waals surface area contributed by atoms with Gasteiger partial charge in [-0.25, -0.2) is 4.98 Å². The van der Waals surface area contributed by atoms with Crippen LogP contribution in [0, 0.1) is 23.2 Å². The highest BCUT2D eigenvalue weighted by Gasteiger charge is 1.98. The first-order chi connectivity index (χ1) is 6.24. The van der Waals surface area contributed by atoms with Crippen molar-refractivity contribution in [2.45, 2.75) is 6.42 Å². The summed E-state index contributed by atoms with van der Waals surface area (Å²) in [5.74, 6) is 5.18. The van der Waals surface area contributed by atoms with E-state index in [9.17, 15) is 5.11 Å². The second-order valence-electron chi connectivity index (χ2n) is 2.14. The number of aromatic hydroxyl groups is 1. The van der Waals surface area contributed by atoms with Gasteiger partial charge in [-0.2, -0.15) is 5.26 Å². The van der Waals surface area contributed by atoms with Crippen molar-refractivity contribution < 1.29 is 5.11 Å². The Bertz CT molecular complexity index is 412. The van der Waals surface area contributed by atoms with Gasteiger partial charge in [-0.1, -0.05) is 5.92 Å². The predicted octanol–water partition coefficient (Wildman–Crippen LogP) is 1.81. The van der Waals surface area contributed by atoms with Crippen molar-refractivity contribution in [2.75, 3.05) is 0 Å². The van der Waals surface area contributed by atoms with Gasteiger partial charge >= 0.3 is 0 Å². The van der Waals surface area contributed by atoms with E-state index < -0.39 is 0 Å². The van der Waals surface area contributed by atoms with E-state index in [1.165, 1.54) is 6.07 Å². The summed E-state index contributed by atoms with van der Waals surface area (Å²) in [7, 11) is 0. The standard InChI is InChI=1S/C9H5BrN2O/c10-9-5-4-8(13)7(12-9)3-1-2-6-11/h4-5,13H,2H2. The molecule has 0 bridgehead atoms. The van der Waals surface area contributed by atoms with Crippen LogP contribution in [0.4, 0.5) is 0 Å². The summed E-state index contributed by atoms with van der Waals surface area (Å²) in [6.45, 7) is 0. The molecule has 13 heavy (non-hydrogen) atoms. The van der Waals surface area contributed by atoms with Gasteiger partial charge in [0.25, 0.3) is 0 Å². The summed E-state index contributed by atoms with van der Waals surface area (Å²) in [4.78, 5) is 3.93. The molecule has 1 heterocycles. The summed E-state index contributed by atoms with van der Waals surface area (Å²) < 4.78 is 0.603. The van der Waals surface area contributed by atoms with Crippen molar-refractivity contribution in [2.24, 2.45) is 0 Å². The van der Waals surface area contributed by atoms with Crippen LogP contribution in [-0.4, -0.2) is 10.1 Å². The van der Waals surface area contributed by atoms with Crippen molar-refractivity contribution in [3.63, 3.8) is 0 Å². The Morgan fingerprint density at radius 3 is 3.00 bits per heavy atom. The zero-order chi connectivity index (χ0) is 9.68. The van der Waals surface area contributed by atoms with Crippen LogP contribution >= 0.6 is 15.9 Å². The number of halogens is 1. The number of hydrogen-bond donors (Lipinski definition) is 1. The first-order valence-electron chi connectivity index (χ1n) is 3.45. The third-order valence-electron chi connectivity index (χ3n) is 1.21. The van der Waals surface area contributed by atoms with Gasteiger partial charge in [0.15, 0.2) is 5.69 Å². The smallest absolute Gasteiger partial charge is 0.156 e. The maximum absolute atomic E-state index is 9.27. The van der Waals surface area contributed by atoms with Crippen LogP contribution in [0.2, 0.25) is 0 Å². The average molecular weight is 237 g/mol. The van der Waals surface area contributed by atoms with Gasteiger partial charge in [-0.05, 0) is 34.0 Å². The molecule has 0 aliphatic heterocycles. The number of nitriles is 1. The summed E-state index contributed by atoms with van der Waals surface area (Å²) in [6.07, 6.45) is 0.133. The van der Waals surface area contributed by atoms with Gasteiger partial charge in [-0.15, -0.1) is 0 Å². The van der Waals surface area contributed by atoms with Gasteiger partial charge in [0.2, 0.25) is 0 Å². The fraction of sp³-hybridized carbons (Fsp3) is 0.111. The molecule has 3 nitrogen and oxygen atoms in total. The maximum Gasteiger partial charge on any atom is 0.156 e. The lowest BCUT2D eigenvalue weighted by molar-refractivity contribution is 0.470. The van der Waals surface area contributed by atoms with Crippen LogP contribution in [0.5, 0.6) is 5.75 Å². The number of hydrogen-bond acceptors (Lipinski definition) is 3. The molecule has 0 aliphatic rings. The van der Waals surface area contributed by atoms with Crippen molar-refractivity contribution in [3.05, 3.63) is 22.4 Å². The van der Waals surface area contributed by atoms with Crippen molar-refractivity contribution >= 4 is 15.9 Å². The third-order valence-corrected chi connectivity index (χ3v) is 1.66. The molecule has 0 unspecified atom stereocenters. The molecule has 64 valence electrons. The minimum Gasteiger partial charge on any atom is -0.505 e. The van der Waals surface area contributed by atoms with Crippen LogP contribution in [0.1, 0.15) is 12.1 Å². The molecule has 1 aromatic heterocycles. The van der Waals surface area contributed by atoms with E-state index in [0.717, 1.165) is 0 Å². The largest absolute Gasteiger partial charge is 0.505 e. The van der Waals surface area contributed by atoms with Crippen LogP contribution in [0.25, 0.3) is 0 Å². The summed E-state index contributed by atoms with van der Waals surface area (Å²) in [5.41, 5.74) is 0.282. The maximum atomic E-state index is 9.27. The van der Waals surface area contributed by atoms with Crippen LogP contribution in [-0.2, 0) is 0 Å². The van der Waals surface area contributed by atoms with Gasteiger partial charge < -0.3 is 5.11 Å². The minimum atomic E-state index is 0.0219. The Morgan fingerprint density at radius 2 is 2.31 bits per heavy atom. The third kappa shape index (κ3) is 2.77. The number of pyridine rings is 1. The Balaban J connectivity index is 2.97. The Labute approximate surface area is 84.2 Å². The Kier molecular flexibility index (Phi) is 3.31. The van der Waals surface area contributed by atoms with Gasteiger partial charge in [0, 0.05) is 0 Å². The SMILES string of the molecule is N#CCC#Cc1nc(Br)ccc1O. The highest BCUT2D eigenvalue weighted by Crippen LogP contribution is 2.16. The number of aromatic nitrogens is 1. The lowest BCUT2D eigenvalue weighted by Crippen LogP contribution is -1.83. The Hall–Kier alpha value is -1.52. The van der Waals surface area contributed by atoms with E-state index in [2.05, 4.69) is 32.8 Å². The van der Waals surface area contributed by atoms with Crippen molar-refractivity contribution in [1.82, 2.24) is 4.98 Å². The molecule has 0 spiro atoms. The highest BCUT2D eigenvalue weighted by molar-refractivity contribution is 9.10. The van der Waals surface area contributed by atoms with Gasteiger partial charge in [-0.3, -0.25) is 0 Å². The van der Waals surface area contributed by atoms with Crippen molar-refractivity contribution in [3.8, 4) is 23.7 Å². The monoisotopic (exact) mass is 236 g/mol. The molecular formula is C9H5BrN2O. The molecule has 0 aliphatic carbocycles. The van der Waals surface area contributed by atoms with E-state index in [0.29, 0.717) is 4.60 Å². The molecule has 0 atom stereocenters. The molecule has 1 aromatic rings. The van der Waals surface area contributed by atoms with E-state index in [4.69, 9.17) is 5.26 Å². The summed E-state index contributed by atoms with van der Waals surface area (Å²) in [6, 6.07) is 4.99. The van der Waals surface area contributed by atoms with Crippen LogP contribution in [0.15, 0.2) is 16.7 Å². The Morgan fingerprint density at radius 1 is 1.54 bits per heavy atom. The molecule has 0 saturated carbocycles. The zero-order valence-electron chi connectivity index (χ0n) is 6.58. The molecule has 0 saturated heterocycles. The zero-order valence-corrected chi connectivity index (χ0v) is 8.17. The second-order valence-corrected chi connectivity index (χ2v) is 2.95. The van der Waals surface area contributed by atoms with E-state index in [-0.39, 0.29) is 17.9 Å². The van der Waals surface area contributed by atoms with E-state index in [1.807, 2.05) is 6.07 Å². The van der Waals surface area contributed by atoms with Gasteiger partial charge in [0.05, 0.1) is 12.5 Å². The molecule has 0 radical (unpaired) electrons. The molecule has 0 amide bonds. The quantitative estimate of drug-likeness (QED) is 0.553. The van der Waals surface area contributed by atoms with Crippen molar-refractivity contribution in [1.29, 1.82) is 5.26 Å². The fourth-order valence-electron chi connectivity index (χ4n) is 0.687. The number of rotatable bonds is 0. The molecule has 1 rings (SSSR count).